The van der Waals surface area contributed by atoms with Gasteiger partial charge in [0, 0.05) is 6.20 Å². The Morgan fingerprint density at radius 3 is 2.93 bits per heavy atom. The van der Waals surface area contributed by atoms with Gasteiger partial charge in [-0.15, -0.1) is 0 Å². The summed E-state index contributed by atoms with van der Waals surface area (Å²) in [7, 11) is 0. The minimum atomic E-state index is 0.999. The molecule has 1 heterocycles. The van der Waals surface area contributed by atoms with Gasteiger partial charge in [-0.3, -0.25) is 0 Å². The third-order valence-corrected chi connectivity index (χ3v) is 2.54. The molecule has 1 aromatic carbocycles. The molecule has 0 saturated carbocycles. The average molecular weight is 251 g/mol. The molecule has 0 aliphatic carbocycles. The van der Waals surface area contributed by atoms with Crippen LogP contribution in [0.1, 0.15) is 12.5 Å². The van der Waals surface area contributed by atoms with E-state index in [0.717, 1.165) is 16.6 Å². The van der Waals surface area contributed by atoms with Crippen molar-refractivity contribution in [2.45, 2.75) is 13.3 Å². The molecule has 1 aromatic heterocycles. The number of aryl methyl sites for hydroxylation is 1. The van der Waals surface area contributed by atoms with E-state index < -0.39 is 0 Å². The second kappa shape index (κ2) is 3.96. The van der Waals surface area contributed by atoms with Crippen molar-refractivity contribution in [3.63, 3.8) is 0 Å². The van der Waals surface area contributed by atoms with Crippen molar-refractivity contribution in [3.05, 3.63) is 46.7 Å². The second-order valence-electron chi connectivity index (χ2n) is 3.13. The molecule has 72 valence electrons. The highest BCUT2D eigenvalue weighted by Gasteiger charge is 1.98. The van der Waals surface area contributed by atoms with Crippen molar-refractivity contribution in [3.8, 4) is 5.69 Å². The van der Waals surface area contributed by atoms with Gasteiger partial charge in [-0.25, -0.2) is 4.68 Å². The van der Waals surface area contributed by atoms with E-state index in [1.807, 2.05) is 10.9 Å². The molecule has 2 rings (SSSR count). The van der Waals surface area contributed by atoms with Crippen LogP contribution < -0.4 is 0 Å². The minimum Gasteiger partial charge on any atom is -0.240 e. The average Bonchev–Trinajstić information content (AvgIpc) is 2.65. The van der Waals surface area contributed by atoms with Gasteiger partial charge in [0.25, 0.3) is 0 Å². The van der Waals surface area contributed by atoms with Gasteiger partial charge in [-0.2, -0.15) is 5.10 Å². The quantitative estimate of drug-likeness (QED) is 0.801. The van der Waals surface area contributed by atoms with E-state index in [2.05, 4.69) is 52.2 Å². The maximum atomic E-state index is 4.23. The number of nitrogens with zero attached hydrogens (tertiary/aromatic N) is 2. The summed E-state index contributed by atoms with van der Waals surface area (Å²) in [5, 5.41) is 4.23. The van der Waals surface area contributed by atoms with E-state index in [9.17, 15) is 0 Å². The van der Waals surface area contributed by atoms with Gasteiger partial charge >= 0.3 is 0 Å². The summed E-state index contributed by atoms with van der Waals surface area (Å²) in [6, 6.07) is 8.39. The number of aromatic nitrogens is 2. The number of benzene rings is 1. The Labute approximate surface area is 91.7 Å². The van der Waals surface area contributed by atoms with E-state index in [0.29, 0.717) is 0 Å². The first-order valence-corrected chi connectivity index (χ1v) is 5.38. The van der Waals surface area contributed by atoms with Crippen LogP contribution in [0.5, 0.6) is 0 Å². The lowest BCUT2D eigenvalue weighted by Gasteiger charge is -2.02. The van der Waals surface area contributed by atoms with Crippen molar-refractivity contribution >= 4 is 15.9 Å². The van der Waals surface area contributed by atoms with Crippen LogP contribution in [0.2, 0.25) is 0 Å². The molecule has 3 heteroatoms. The van der Waals surface area contributed by atoms with Crippen molar-refractivity contribution in [2.75, 3.05) is 0 Å². The minimum absolute atomic E-state index is 0.999. The fourth-order valence-corrected chi connectivity index (χ4v) is 1.65. The molecule has 2 aromatic rings. The van der Waals surface area contributed by atoms with Crippen molar-refractivity contribution < 1.29 is 0 Å². The van der Waals surface area contributed by atoms with Gasteiger partial charge in [-0.05, 0) is 40.0 Å². The van der Waals surface area contributed by atoms with Crippen LogP contribution in [0.15, 0.2) is 41.1 Å². The van der Waals surface area contributed by atoms with Gasteiger partial charge in [-0.1, -0.05) is 19.1 Å². The first-order chi connectivity index (χ1) is 6.79. The zero-order valence-electron chi connectivity index (χ0n) is 7.94. The van der Waals surface area contributed by atoms with Crippen LogP contribution in [-0.2, 0) is 6.42 Å². The Kier molecular flexibility index (Phi) is 2.68. The van der Waals surface area contributed by atoms with Crippen LogP contribution >= 0.6 is 15.9 Å². The third-order valence-electron chi connectivity index (χ3n) is 2.13. The lowest BCUT2D eigenvalue weighted by atomic mass is 10.1. The highest BCUT2D eigenvalue weighted by atomic mass is 79.9. The summed E-state index contributed by atoms with van der Waals surface area (Å²) in [5.41, 5.74) is 2.43. The third kappa shape index (κ3) is 1.87. The molecule has 0 aliphatic rings. The SMILES string of the molecule is CCc1cccc(-n2cc(Br)cn2)c1. The highest BCUT2D eigenvalue weighted by Crippen LogP contribution is 2.13. The molecule has 0 amide bonds. The number of halogens is 1. The summed E-state index contributed by atoms with van der Waals surface area (Å²) < 4.78 is 2.86. The van der Waals surface area contributed by atoms with Crippen LogP contribution in [0.3, 0.4) is 0 Å². The molecular formula is C11H11BrN2. The van der Waals surface area contributed by atoms with Crippen molar-refractivity contribution in [1.29, 1.82) is 0 Å². The molecular weight excluding hydrogens is 240 g/mol. The molecule has 0 spiro atoms. The number of rotatable bonds is 2. The standard InChI is InChI=1S/C11H11BrN2/c1-2-9-4-3-5-11(6-9)14-8-10(12)7-13-14/h3-8H,2H2,1H3. The van der Waals surface area contributed by atoms with Crippen LogP contribution in [0.25, 0.3) is 5.69 Å². The summed E-state index contributed by atoms with van der Waals surface area (Å²) in [6.45, 7) is 2.15. The Morgan fingerprint density at radius 2 is 2.29 bits per heavy atom. The molecule has 0 atom stereocenters. The van der Waals surface area contributed by atoms with E-state index >= 15 is 0 Å². The maximum Gasteiger partial charge on any atom is 0.0648 e. The molecule has 0 N–H and O–H groups in total. The first-order valence-electron chi connectivity index (χ1n) is 4.59. The van der Waals surface area contributed by atoms with Gasteiger partial charge in [0.2, 0.25) is 0 Å². The predicted octanol–water partition coefficient (Wildman–Crippen LogP) is 3.20. The number of hydrogen-bond donors (Lipinski definition) is 0. The Balaban J connectivity index is 2.41. The highest BCUT2D eigenvalue weighted by molar-refractivity contribution is 9.10. The maximum absolute atomic E-state index is 4.23. The summed E-state index contributed by atoms with van der Waals surface area (Å²) >= 11 is 3.38. The van der Waals surface area contributed by atoms with E-state index in [1.54, 1.807) is 6.20 Å². The molecule has 2 nitrogen and oxygen atoms in total. The van der Waals surface area contributed by atoms with Gasteiger partial charge in [0.15, 0.2) is 0 Å². The lowest BCUT2D eigenvalue weighted by Crippen LogP contribution is -1.94. The number of hydrogen-bond acceptors (Lipinski definition) is 1. The van der Waals surface area contributed by atoms with Crippen molar-refractivity contribution in [2.24, 2.45) is 0 Å². The van der Waals surface area contributed by atoms with Gasteiger partial charge in [0.1, 0.15) is 0 Å². The van der Waals surface area contributed by atoms with Gasteiger partial charge in [0.05, 0.1) is 16.4 Å². The fourth-order valence-electron chi connectivity index (χ4n) is 1.36. The predicted molar refractivity (Wildman–Crippen MR) is 60.6 cm³/mol. The molecule has 0 fully saturated rings. The normalized spacial score (nSPS) is 10.4. The smallest absolute Gasteiger partial charge is 0.0648 e. The largest absolute Gasteiger partial charge is 0.240 e. The van der Waals surface area contributed by atoms with E-state index in [1.165, 1.54) is 5.56 Å². The van der Waals surface area contributed by atoms with E-state index in [4.69, 9.17) is 0 Å². The zero-order valence-corrected chi connectivity index (χ0v) is 9.53. The molecule has 0 aliphatic heterocycles. The molecule has 0 bridgehead atoms. The summed E-state index contributed by atoms with van der Waals surface area (Å²) in [5.74, 6) is 0. The lowest BCUT2D eigenvalue weighted by molar-refractivity contribution is 0.877. The Bertz CT molecular complexity index is 434. The molecule has 0 saturated heterocycles. The van der Waals surface area contributed by atoms with Crippen LogP contribution in [-0.4, -0.2) is 9.78 Å². The Morgan fingerprint density at radius 1 is 1.43 bits per heavy atom. The summed E-state index contributed by atoms with van der Waals surface area (Å²) in [6.07, 6.45) is 4.80. The molecule has 0 unspecified atom stereocenters. The molecule has 14 heavy (non-hydrogen) atoms. The van der Waals surface area contributed by atoms with E-state index in [-0.39, 0.29) is 0 Å². The first kappa shape index (κ1) is 9.46. The van der Waals surface area contributed by atoms with Crippen molar-refractivity contribution in [1.82, 2.24) is 9.78 Å². The van der Waals surface area contributed by atoms with Gasteiger partial charge < -0.3 is 0 Å². The second-order valence-corrected chi connectivity index (χ2v) is 4.04. The summed E-state index contributed by atoms with van der Waals surface area (Å²) in [4.78, 5) is 0. The van der Waals surface area contributed by atoms with Crippen LogP contribution in [0, 0.1) is 0 Å². The monoisotopic (exact) mass is 250 g/mol. The molecule has 0 radical (unpaired) electrons. The Hall–Kier alpha value is -1.09. The fraction of sp³-hybridized carbons (Fsp3) is 0.182. The topological polar surface area (TPSA) is 17.8 Å². The van der Waals surface area contributed by atoms with Crippen LogP contribution in [0.4, 0.5) is 0 Å². The zero-order chi connectivity index (χ0) is 9.97.